The highest BCUT2D eigenvalue weighted by atomic mass is 19.1. The lowest BCUT2D eigenvalue weighted by atomic mass is 9.80. The van der Waals surface area contributed by atoms with Crippen molar-refractivity contribution in [2.45, 2.75) is 39.7 Å². The molecule has 0 aromatic heterocycles. The van der Waals surface area contributed by atoms with Crippen molar-refractivity contribution in [2.75, 3.05) is 0 Å². The first-order valence-electron chi connectivity index (χ1n) is 5.44. The summed E-state index contributed by atoms with van der Waals surface area (Å²) < 4.78 is 13.3. The molecule has 2 heteroatoms. The van der Waals surface area contributed by atoms with E-state index in [1.165, 1.54) is 6.07 Å². The molecule has 1 aromatic carbocycles. The molecule has 0 saturated heterocycles. The highest BCUT2D eigenvalue weighted by Gasteiger charge is 2.27. The summed E-state index contributed by atoms with van der Waals surface area (Å²) in [6.07, 6.45) is 0.989. The van der Waals surface area contributed by atoms with E-state index in [4.69, 9.17) is 5.73 Å². The van der Waals surface area contributed by atoms with Crippen molar-refractivity contribution >= 4 is 0 Å². The van der Waals surface area contributed by atoms with Crippen molar-refractivity contribution in [2.24, 2.45) is 11.7 Å². The Labute approximate surface area is 91.5 Å². The summed E-state index contributed by atoms with van der Waals surface area (Å²) >= 11 is 0. The Bertz CT molecular complexity index is 324. The molecule has 0 spiro atoms. The molecule has 0 fully saturated rings. The zero-order valence-electron chi connectivity index (χ0n) is 9.97. The van der Waals surface area contributed by atoms with Crippen molar-refractivity contribution in [1.29, 1.82) is 0 Å². The van der Waals surface area contributed by atoms with Gasteiger partial charge >= 0.3 is 0 Å². The lowest BCUT2D eigenvalue weighted by Crippen LogP contribution is -2.39. The normalized spacial score (nSPS) is 17.2. The molecule has 0 radical (unpaired) electrons. The van der Waals surface area contributed by atoms with Crippen LogP contribution in [0.2, 0.25) is 0 Å². The lowest BCUT2D eigenvalue weighted by molar-refractivity contribution is 0.315. The number of aryl methyl sites for hydroxylation is 1. The number of benzene rings is 1. The van der Waals surface area contributed by atoms with E-state index in [1.54, 1.807) is 6.07 Å². The molecular weight excluding hydrogens is 189 g/mol. The van der Waals surface area contributed by atoms with Crippen molar-refractivity contribution in [3.05, 3.63) is 35.1 Å². The molecule has 0 aliphatic carbocycles. The highest BCUT2D eigenvalue weighted by Crippen LogP contribution is 2.29. The molecule has 0 aliphatic rings. The molecule has 2 unspecified atom stereocenters. The Morgan fingerprint density at radius 1 is 1.40 bits per heavy atom. The van der Waals surface area contributed by atoms with Crippen LogP contribution in [-0.4, -0.2) is 0 Å². The minimum absolute atomic E-state index is 0.204. The van der Waals surface area contributed by atoms with Gasteiger partial charge in [0.1, 0.15) is 5.82 Å². The van der Waals surface area contributed by atoms with Gasteiger partial charge in [0.25, 0.3) is 0 Å². The smallest absolute Gasteiger partial charge is 0.123 e. The third kappa shape index (κ3) is 2.57. The van der Waals surface area contributed by atoms with Gasteiger partial charge in [-0.25, -0.2) is 4.39 Å². The van der Waals surface area contributed by atoms with Gasteiger partial charge in [-0.3, -0.25) is 0 Å². The van der Waals surface area contributed by atoms with Crippen LogP contribution in [0.25, 0.3) is 0 Å². The molecule has 1 rings (SSSR count). The van der Waals surface area contributed by atoms with E-state index in [9.17, 15) is 4.39 Å². The van der Waals surface area contributed by atoms with E-state index in [1.807, 2.05) is 19.9 Å². The van der Waals surface area contributed by atoms with E-state index in [0.717, 1.165) is 17.5 Å². The zero-order valence-corrected chi connectivity index (χ0v) is 9.97. The molecule has 2 atom stereocenters. The van der Waals surface area contributed by atoms with Crippen molar-refractivity contribution in [1.82, 2.24) is 0 Å². The maximum Gasteiger partial charge on any atom is 0.123 e. The molecule has 15 heavy (non-hydrogen) atoms. The second-order valence-electron chi connectivity index (χ2n) is 4.61. The summed E-state index contributed by atoms with van der Waals surface area (Å²) in [5.41, 5.74) is 7.61. The first-order chi connectivity index (χ1) is 6.87. The van der Waals surface area contributed by atoms with Gasteiger partial charge in [-0.1, -0.05) is 26.3 Å². The Hall–Kier alpha value is -0.890. The van der Waals surface area contributed by atoms with E-state index in [2.05, 4.69) is 13.8 Å². The summed E-state index contributed by atoms with van der Waals surface area (Å²) in [6.45, 7) is 8.05. The average Bonchev–Trinajstić information content (AvgIpc) is 2.15. The first-order valence-corrected chi connectivity index (χ1v) is 5.44. The van der Waals surface area contributed by atoms with Gasteiger partial charge < -0.3 is 5.73 Å². The molecule has 1 nitrogen and oxygen atoms in total. The third-order valence-corrected chi connectivity index (χ3v) is 3.30. The number of hydrogen-bond acceptors (Lipinski definition) is 1. The van der Waals surface area contributed by atoms with E-state index in [0.29, 0.717) is 5.92 Å². The molecule has 84 valence electrons. The van der Waals surface area contributed by atoms with Crippen LogP contribution in [-0.2, 0) is 5.54 Å². The standard InChI is InChI=1S/C13H20FN/c1-5-10(3)13(4,15)11-6-9(2)7-12(14)8-11/h6-8,10H,5,15H2,1-4H3. The van der Waals surface area contributed by atoms with Crippen LogP contribution in [0.5, 0.6) is 0 Å². The average molecular weight is 209 g/mol. The van der Waals surface area contributed by atoms with E-state index in [-0.39, 0.29) is 5.82 Å². The zero-order chi connectivity index (χ0) is 11.6. The topological polar surface area (TPSA) is 26.0 Å². The minimum Gasteiger partial charge on any atom is -0.321 e. The monoisotopic (exact) mass is 209 g/mol. The first kappa shape index (κ1) is 12.2. The van der Waals surface area contributed by atoms with Crippen LogP contribution in [0, 0.1) is 18.7 Å². The maximum absolute atomic E-state index is 13.3. The Kier molecular flexibility index (Phi) is 3.50. The Morgan fingerprint density at radius 2 is 2.00 bits per heavy atom. The maximum atomic E-state index is 13.3. The van der Waals surface area contributed by atoms with E-state index < -0.39 is 5.54 Å². The molecule has 0 saturated carbocycles. The summed E-state index contributed by atoms with van der Waals surface area (Å²) in [6, 6.07) is 5.03. The molecule has 1 aromatic rings. The van der Waals surface area contributed by atoms with Gasteiger partial charge in [0.15, 0.2) is 0 Å². The number of rotatable bonds is 3. The number of hydrogen-bond donors (Lipinski definition) is 1. The van der Waals surface area contributed by atoms with Crippen LogP contribution in [0.15, 0.2) is 18.2 Å². The second-order valence-corrected chi connectivity index (χ2v) is 4.61. The van der Waals surface area contributed by atoms with Crippen LogP contribution in [0.3, 0.4) is 0 Å². The summed E-state index contributed by atoms with van der Waals surface area (Å²) in [5, 5.41) is 0. The third-order valence-electron chi connectivity index (χ3n) is 3.30. The fourth-order valence-corrected chi connectivity index (χ4v) is 1.76. The van der Waals surface area contributed by atoms with Gasteiger partial charge in [-0.2, -0.15) is 0 Å². The SMILES string of the molecule is CCC(C)C(C)(N)c1cc(C)cc(F)c1. The summed E-state index contributed by atoms with van der Waals surface area (Å²) in [5.74, 6) is 0.128. The van der Waals surface area contributed by atoms with Crippen LogP contribution in [0.4, 0.5) is 4.39 Å². The Balaban J connectivity index is 3.14. The second kappa shape index (κ2) is 4.31. The van der Waals surface area contributed by atoms with Crippen LogP contribution >= 0.6 is 0 Å². The predicted molar refractivity (Wildman–Crippen MR) is 62.1 cm³/mol. The van der Waals surface area contributed by atoms with E-state index >= 15 is 0 Å². The summed E-state index contributed by atoms with van der Waals surface area (Å²) in [7, 11) is 0. The molecule has 0 aliphatic heterocycles. The molecule has 0 bridgehead atoms. The fourth-order valence-electron chi connectivity index (χ4n) is 1.76. The quantitative estimate of drug-likeness (QED) is 0.811. The highest BCUT2D eigenvalue weighted by molar-refractivity contribution is 5.29. The fraction of sp³-hybridized carbons (Fsp3) is 0.538. The van der Waals surface area contributed by atoms with Gasteiger partial charge in [0.2, 0.25) is 0 Å². The molecule has 2 N–H and O–H groups in total. The number of halogens is 1. The molecule has 0 heterocycles. The lowest BCUT2D eigenvalue weighted by Gasteiger charge is -2.32. The van der Waals surface area contributed by atoms with Gasteiger partial charge in [0, 0.05) is 5.54 Å². The predicted octanol–water partition coefficient (Wildman–Crippen LogP) is 3.35. The minimum atomic E-state index is -0.457. The number of nitrogens with two attached hydrogens (primary N) is 1. The van der Waals surface area contributed by atoms with Crippen molar-refractivity contribution in [3.8, 4) is 0 Å². The van der Waals surface area contributed by atoms with Crippen molar-refractivity contribution in [3.63, 3.8) is 0 Å². The Morgan fingerprint density at radius 3 is 2.47 bits per heavy atom. The molecule has 0 amide bonds. The van der Waals surface area contributed by atoms with Gasteiger partial charge in [0.05, 0.1) is 0 Å². The summed E-state index contributed by atoms with van der Waals surface area (Å²) in [4.78, 5) is 0. The molecular formula is C13H20FN. The van der Waals surface area contributed by atoms with Crippen LogP contribution in [0.1, 0.15) is 38.3 Å². The van der Waals surface area contributed by atoms with Gasteiger partial charge in [-0.05, 0) is 43.0 Å². The van der Waals surface area contributed by atoms with Crippen molar-refractivity contribution < 1.29 is 4.39 Å². The van der Waals surface area contributed by atoms with Gasteiger partial charge in [-0.15, -0.1) is 0 Å². The van der Waals surface area contributed by atoms with Crippen LogP contribution < -0.4 is 5.73 Å². The largest absolute Gasteiger partial charge is 0.321 e.